The molecule has 0 amide bonds. The quantitative estimate of drug-likeness (QED) is 0.701. The van der Waals surface area contributed by atoms with Gasteiger partial charge in [0.15, 0.2) is 5.69 Å². The molecule has 0 fully saturated rings. The highest BCUT2D eigenvalue weighted by Crippen LogP contribution is 2.40. The Hall–Kier alpha value is -1.41. The molecule has 9 heteroatoms. The Bertz CT molecular complexity index is 694. The van der Waals surface area contributed by atoms with E-state index in [1.54, 1.807) is 0 Å². The number of benzene rings is 1. The van der Waals surface area contributed by atoms with E-state index in [0.717, 1.165) is 6.07 Å². The predicted molar refractivity (Wildman–Crippen MR) is 71.7 cm³/mol. The van der Waals surface area contributed by atoms with Crippen LogP contribution < -0.4 is 4.74 Å². The highest BCUT2D eigenvalue weighted by molar-refractivity contribution is 9.10. The molecule has 0 spiro atoms. The van der Waals surface area contributed by atoms with E-state index >= 15 is 0 Å². The van der Waals surface area contributed by atoms with Crippen LogP contribution in [0.3, 0.4) is 0 Å². The topological polar surface area (TPSA) is 35.0 Å². The number of nitrogens with zero attached hydrogens (tertiary/aromatic N) is 2. The van der Waals surface area contributed by atoms with Crippen molar-refractivity contribution in [2.24, 2.45) is 0 Å². The summed E-state index contributed by atoms with van der Waals surface area (Å²) in [6.07, 6.45) is -3.98. The van der Waals surface area contributed by atoms with Crippen LogP contribution in [-0.2, 0) is 6.18 Å². The Balaban J connectivity index is 2.68. The van der Waals surface area contributed by atoms with Gasteiger partial charge in [0.05, 0.1) is 22.3 Å². The van der Waals surface area contributed by atoms with Gasteiger partial charge in [-0.05, 0) is 28.1 Å². The van der Waals surface area contributed by atoms with Crippen molar-refractivity contribution in [3.63, 3.8) is 0 Å². The number of rotatable bonds is 2. The van der Waals surface area contributed by atoms with Gasteiger partial charge < -0.3 is 4.74 Å². The summed E-state index contributed by atoms with van der Waals surface area (Å²) in [7, 11) is 1.30. The summed E-state index contributed by atoms with van der Waals surface area (Å²) in [5.41, 5.74) is -1.62. The lowest BCUT2D eigenvalue weighted by Crippen LogP contribution is -2.10. The molecule has 112 valence electrons. The summed E-state index contributed by atoms with van der Waals surface area (Å²) in [5, 5.41) is -0.0000246. The molecule has 2 aromatic rings. The first-order valence-electron chi connectivity index (χ1n) is 5.36. The number of methoxy groups -OCH3 is 1. The number of alkyl halides is 3. The largest absolute Gasteiger partial charge is 0.495 e. The number of aromatic nitrogens is 2. The molecule has 0 radical (unpaired) electrons. The average molecular weight is 386 g/mol. The summed E-state index contributed by atoms with van der Waals surface area (Å²) in [6, 6.07) is 2.11. The Morgan fingerprint density at radius 2 is 1.90 bits per heavy atom. The molecule has 21 heavy (non-hydrogen) atoms. The predicted octanol–water partition coefficient (Wildman–Crippen LogP) is 4.73. The first kappa shape index (κ1) is 16.0. The van der Waals surface area contributed by atoms with Crippen molar-refractivity contribution in [3.8, 4) is 17.0 Å². The third-order valence-electron chi connectivity index (χ3n) is 2.55. The van der Waals surface area contributed by atoms with E-state index in [1.165, 1.54) is 13.2 Å². The molecular formula is C12H6BrClF4N2O. The molecule has 3 nitrogen and oxygen atoms in total. The second-order valence-electron chi connectivity index (χ2n) is 3.85. The zero-order valence-corrected chi connectivity index (χ0v) is 12.6. The van der Waals surface area contributed by atoms with Gasteiger partial charge in [-0.15, -0.1) is 0 Å². The number of hydrogen-bond acceptors (Lipinski definition) is 3. The third-order valence-corrected chi connectivity index (χ3v) is 3.60. The molecule has 1 aromatic heterocycles. The molecule has 0 saturated heterocycles. The zero-order valence-electron chi connectivity index (χ0n) is 10.3. The average Bonchev–Trinajstić information content (AvgIpc) is 2.38. The minimum Gasteiger partial charge on any atom is -0.495 e. The van der Waals surface area contributed by atoms with Crippen molar-refractivity contribution in [1.82, 2.24) is 9.97 Å². The van der Waals surface area contributed by atoms with Gasteiger partial charge in [0.1, 0.15) is 17.9 Å². The molecule has 2 rings (SSSR count). The molecule has 0 saturated carbocycles. The van der Waals surface area contributed by atoms with Crippen molar-refractivity contribution >= 4 is 27.5 Å². The molecule has 0 aliphatic rings. The van der Waals surface area contributed by atoms with Gasteiger partial charge >= 0.3 is 6.18 Å². The van der Waals surface area contributed by atoms with Crippen LogP contribution in [0.25, 0.3) is 11.3 Å². The van der Waals surface area contributed by atoms with Gasteiger partial charge in [-0.3, -0.25) is 0 Å². The smallest absolute Gasteiger partial charge is 0.434 e. The van der Waals surface area contributed by atoms with Crippen molar-refractivity contribution in [3.05, 3.63) is 39.5 Å². The maximum atomic E-state index is 14.0. The summed E-state index contributed by atoms with van der Waals surface area (Å²) in [4.78, 5) is 6.85. The first-order chi connectivity index (χ1) is 9.75. The van der Waals surface area contributed by atoms with Crippen LogP contribution in [0.5, 0.6) is 5.75 Å². The Morgan fingerprint density at radius 3 is 2.48 bits per heavy atom. The minimum atomic E-state index is -4.69. The van der Waals surface area contributed by atoms with Gasteiger partial charge in [-0.2, -0.15) is 13.2 Å². The molecular weight excluding hydrogens is 379 g/mol. The molecule has 0 bridgehead atoms. The highest BCUT2D eigenvalue weighted by Gasteiger charge is 2.36. The van der Waals surface area contributed by atoms with E-state index in [1.807, 2.05) is 0 Å². The van der Waals surface area contributed by atoms with Gasteiger partial charge in [0.2, 0.25) is 0 Å². The Morgan fingerprint density at radius 1 is 1.24 bits per heavy atom. The van der Waals surface area contributed by atoms with E-state index < -0.39 is 22.2 Å². The Kier molecular flexibility index (Phi) is 4.38. The van der Waals surface area contributed by atoms with Crippen LogP contribution >= 0.6 is 27.5 Å². The standard InChI is InChI=1S/C12H6BrClF4N2O/c1-21-8-2-5(7(15)3-6(8)14)10-9(13)11(12(16,17)18)20-4-19-10/h2-4H,1H3. The van der Waals surface area contributed by atoms with Crippen LogP contribution in [0.1, 0.15) is 5.69 Å². The lowest BCUT2D eigenvalue weighted by atomic mass is 10.1. The van der Waals surface area contributed by atoms with Crippen molar-refractivity contribution in [1.29, 1.82) is 0 Å². The second kappa shape index (κ2) is 5.76. The highest BCUT2D eigenvalue weighted by atomic mass is 79.9. The van der Waals surface area contributed by atoms with E-state index in [4.69, 9.17) is 16.3 Å². The van der Waals surface area contributed by atoms with E-state index in [9.17, 15) is 17.6 Å². The molecule has 0 aliphatic carbocycles. The van der Waals surface area contributed by atoms with Crippen molar-refractivity contribution < 1.29 is 22.3 Å². The molecule has 0 aliphatic heterocycles. The Labute approximate surface area is 130 Å². The SMILES string of the molecule is COc1cc(-c2ncnc(C(F)(F)F)c2Br)c(F)cc1Cl. The summed E-state index contributed by atoms with van der Waals surface area (Å²) in [6.45, 7) is 0. The zero-order chi connectivity index (χ0) is 15.8. The van der Waals surface area contributed by atoms with E-state index in [2.05, 4.69) is 25.9 Å². The van der Waals surface area contributed by atoms with Gasteiger partial charge in [-0.1, -0.05) is 11.6 Å². The molecule has 0 atom stereocenters. The van der Waals surface area contributed by atoms with Crippen molar-refractivity contribution in [2.75, 3.05) is 7.11 Å². The monoisotopic (exact) mass is 384 g/mol. The van der Waals surface area contributed by atoms with Crippen LogP contribution in [0, 0.1) is 5.82 Å². The summed E-state index contributed by atoms with van der Waals surface area (Å²) >= 11 is 8.51. The fourth-order valence-electron chi connectivity index (χ4n) is 1.62. The number of hydrogen-bond donors (Lipinski definition) is 0. The normalized spacial score (nSPS) is 11.6. The van der Waals surface area contributed by atoms with Gasteiger partial charge in [0, 0.05) is 5.56 Å². The molecule has 0 unspecified atom stereocenters. The summed E-state index contributed by atoms with van der Waals surface area (Å²) < 4.78 is 56.8. The second-order valence-corrected chi connectivity index (χ2v) is 5.05. The maximum absolute atomic E-state index is 14.0. The number of ether oxygens (including phenoxy) is 1. The van der Waals surface area contributed by atoms with E-state index in [-0.39, 0.29) is 22.0 Å². The van der Waals surface area contributed by atoms with E-state index in [0.29, 0.717) is 6.33 Å². The van der Waals surface area contributed by atoms with Crippen molar-refractivity contribution in [2.45, 2.75) is 6.18 Å². The first-order valence-corrected chi connectivity index (χ1v) is 6.54. The van der Waals surface area contributed by atoms with Gasteiger partial charge in [0.25, 0.3) is 0 Å². The lowest BCUT2D eigenvalue weighted by molar-refractivity contribution is -0.141. The van der Waals surface area contributed by atoms with Crippen LogP contribution in [-0.4, -0.2) is 17.1 Å². The molecule has 1 heterocycles. The van der Waals surface area contributed by atoms with Crippen LogP contribution in [0.2, 0.25) is 5.02 Å². The van der Waals surface area contributed by atoms with Crippen LogP contribution in [0.15, 0.2) is 22.9 Å². The fourth-order valence-corrected chi connectivity index (χ4v) is 2.49. The fraction of sp³-hybridized carbons (Fsp3) is 0.167. The molecule has 1 aromatic carbocycles. The number of halogens is 6. The summed E-state index contributed by atoms with van der Waals surface area (Å²) in [5.74, 6) is -0.708. The lowest BCUT2D eigenvalue weighted by Gasteiger charge is -2.12. The van der Waals surface area contributed by atoms with Gasteiger partial charge in [-0.25, -0.2) is 14.4 Å². The third kappa shape index (κ3) is 3.11. The van der Waals surface area contributed by atoms with Crippen LogP contribution in [0.4, 0.5) is 17.6 Å². The molecule has 0 N–H and O–H groups in total. The minimum absolute atomic E-state index is 0.0000246. The maximum Gasteiger partial charge on any atom is 0.434 e.